The third-order valence-electron chi connectivity index (χ3n) is 9.00. The summed E-state index contributed by atoms with van der Waals surface area (Å²) < 4.78 is 23.1. The second kappa shape index (κ2) is 32.2. The maximum absolute atomic E-state index is 12.7. The molecule has 9 heteroatoms. The number of phosphoric acid groups is 1. The van der Waals surface area contributed by atoms with Crippen molar-refractivity contribution in [3.05, 3.63) is 12.2 Å². The molecule has 0 saturated heterocycles. The summed E-state index contributed by atoms with van der Waals surface area (Å²) in [5.74, 6) is -0.202. The maximum atomic E-state index is 12.7. The van der Waals surface area contributed by atoms with Gasteiger partial charge in [-0.15, -0.1) is 0 Å². The Bertz CT molecular complexity index is 804. The lowest BCUT2D eigenvalue weighted by molar-refractivity contribution is -0.870. The van der Waals surface area contributed by atoms with Crippen molar-refractivity contribution >= 4 is 13.7 Å². The SMILES string of the molecule is CCCCCCCCCCCCCCCCCC/C=C/C(O)C(COP(=O)([O-])OCC[N+](C)(C)C)NC(=O)CCCCCCCCCC. The van der Waals surface area contributed by atoms with Gasteiger partial charge in [0.1, 0.15) is 13.2 Å². The normalized spacial score (nSPS) is 14.7. The molecule has 0 aliphatic rings. The highest BCUT2D eigenvalue weighted by Gasteiger charge is 2.23. The minimum absolute atomic E-state index is 0.00150. The number of phosphoric ester groups is 1. The fourth-order valence-corrected chi connectivity index (χ4v) is 6.46. The summed E-state index contributed by atoms with van der Waals surface area (Å²) in [5.41, 5.74) is 0. The first kappa shape index (κ1) is 47.2. The van der Waals surface area contributed by atoms with Gasteiger partial charge in [0, 0.05) is 6.42 Å². The Balaban J connectivity index is 4.39. The summed E-state index contributed by atoms with van der Waals surface area (Å²) in [5, 5.41) is 13.7. The van der Waals surface area contributed by atoms with Crippen molar-refractivity contribution in [3.63, 3.8) is 0 Å². The lowest BCUT2D eigenvalue weighted by Gasteiger charge is -2.29. The molecule has 0 rings (SSSR count). The van der Waals surface area contributed by atoms with E-state index in [2.05, 4.69) is 19.2 Å². The number of hydrogen-bond acceptors (Lipinski definition) is 6. The molecule has 8 nitrogen and oxygen atoms in total. The van der Waals surface area contributed by atoms with Crippen molar-refractivity contribution in [1.29, 1.82) is 0 Å². The van der Waals surface area contributed by atoms with Crippen LogP contribution in [-0.4, -0.2) is 68.5 Å². The van der Waals surface area contributed by atoms with Crippen LogP contribution in [0.15, 0.2) is 12.2 Å². The smallest absolute Gasteiger partial charge is 0.268 e. The highest BCUT2D eigenvalue weighted by atomic mass is 31.2. The number of quaternary nitrogens is 1. The fourth-order valence-electron chi connectivity index (χ4n) is 5.74. The Labute approximate surface area is 297 Å². The molecule has 0 aromatic carbocycles. The number of hydrogen-bond donors (Lipinski definition) is 2. The lowest BCUT2D eigenvalue weighted by Crippen LogP contribution is -2.45. The molecule has 3 atom stereocenters. The molecule has 1 amide bonds. The lowest BCUT2D eigenvalue weighted by atomic mass is 10.0. The van der Waals surface area contributed by atoms with Gasteiger partial charge in [0.2, 0.25) is 5.91 Å². The number of carbonyl (C=O) groups excluding carboxylic acids is 1. The number of amides is 1. The first-order chi connectivity index (χ1) is 23.0. The molecule has 0 spiro atoms. The summed E-state index contributed by atoms with van der Waals surface area (Å²) in [4.78, 5) is 25.1. The molecule has 0 bridgehead atoms. The van der Waals surface area contributed by atoms with Crippen LogP contribution in [0.5, 0.6) is 0 Å². The molecule has 0 aliphatic heterocycles. The molecular formula is C39H79N2O6P. The van der Waals surface area contributed by atoms with Crippen LogP contribution in [0.2, 0.25) is 0 Å². The van der Waals surface area contributed by atoms with Gasteiger partial charge in [-0.05, 0) is 19.3 Å². The summed E-state index contributed by atoms with van der Waals surface area (Å²) in [7, 11) is 1.26. The van der Waals surface area contributed by atoms with E-state index in [1.807, 2.05) is 27.2 Å². The molecule has 0 aromatic rings. The molecule has 0 aliphatic carbocycles. The van der Waals surface area contributed by atoms with Gasteiger partial charge in [-0.2, -0.15) is 0 Å². The standard InChI is InChI=1S/C39H79N2O6P/c1-6-8-10-12-14-16-17-18-19-20-21-22-23-24-25-26-28-30-32-38(42)37(36-47-48(44,45)46-35-34-41(3,4)5)40-39(43)33-31-29-27-15-13-11-9-7-2/h30,32,37-38,42H,6-29,31,33-36H2,1-5H3,(H-,40,43,44,45)/b32-30+. The van der Waals surface area contributed by atoms with Gasteiger partial charge >= 0.3 is 0 Å². The highest BCUT2D eigenvalue weighted by Crippen LogP contribution is 2.38. The molecule has 2 N–H and O–H groups in total. The number of rotatable bonds is 36. The van der Waals surface area contributed by atoms with E-state index < -0.39 is 20.0 Å². The number of allylic oxidation sites excluding steroid dienone is 1. The van der Waals surface area contributed by atoms with E-state index in [9.17, 15) is 19.4 Å². The van der Waals surface area contributed by atoms with E-state index in [0.717, 1.165) is 38.5 Å². The van der Waals surface area contributed by atoms with Gasteiger partial charge in [-0.25, -0.2) is 0 Å². The van der Waals surface area contributed by atoms with E-state index in [-0.39, 0.29) is 19.1 Å². The molecule has 286 valence electrons. The van der Waals surface area contributed by atoms with E-state index in [0.29, 0.717) is 17.4 Å². The Morgan fingerprint density at radius 3 is 1.56 bits per heavy atom. The summed E-state index contributed by atoms with van der Waals surface area (Å²) in [6.07, 6.45) is 34.0. The van der Waals surface area contributed by atoms with Crippen LogP contribution in [0.25, 0.3) is 0 Å². The van der Waals surface area contributed by atoms with Gasteiger partial charge in [0.25, 0.3) is 7.82 Å². The third-order valence-corrected chi connectivity index (χ3v) is 9.96. The van der Waals surface area contributed by atoms with Crippen LogP contribution in [0.3, 0.4) is 0 Å². The first-order valence-corrected chi connectivity index (χ1v) is 21.5. The minimum atomic E-state index is -4.57. The van der Waals surface area contributed by atoms with E-state index in [1.165, 1.54) is 122 Å². The average molecular weight is 703 g/mol. The van der Waals surface area contributed by atoms with Crippen LogP contribution in [-0.2, 0) is 18.4 Å². The zero-order valence-corrected chi connectivity index (χ0v) is 33.1. The van der Waals surface area contributed by atoms with Crippen molar-refractivity contribution in [3.8, 4) is 0 Å². The molecule has 0 saturated carbocycles. The summed E-state index contributed by atoms with van der Waals surface area (Å²) >= 11 is 0. The van der Waals surface area contributed by atoms with Crippen LogP contribution < -0.4 is 10.2 Å². The van der Waals surface area contributed by atoms with Gasteiger partial charge in [0.05, 0.1) is 39.9 Å². The largest absolute Gasteiger partial charge is 0.756 e. The molecule has 0 aromatic heterocycles. The number of carbonyl (C=O) groups is 1. The van der Waals surface area contributed by atoms with Crippen molar-refractivity contribution in [2.24, 2.45) is 0 Å². The third kappa shape index (κ3) is 33.7. The number of likely N-dealkylation sites (N-methyl/N-ethyl adjacent to an activating group) is 1. The van der Waals surface area contributed by atoms with Crippen molar-refractivity contribution < 1.29 is 32.9 Å². The number of nitrogens with zero attached hydrogens (tertiary/aromatic N) is 1. The highest BCUT2D eigenvalue weighted by molar-refractivity contribution is 7.45. The topological polar surface area (TPSA) is 108 Å². The van der Waals surface area contributed by atoms with Crippen LogP contribution in [0.4, 0.5) is 0 Å². The number of nitrogens with one attached hydrogen (secondary N) is 1. The van der Waals surface area contributed by atoms with Gasteiger partial charge in [-0.1, -0.05) is 167 Å². The van der Waals surface area contributed by atoms with Gasteiger partial charge < -0.3 is 28.8 Å². The molecule has 3 unspecified atom stereocenters. The zero-order valence-electron chi connectivity index (χ0n) is 32.2. The summed E-state index contributed by atoms with van der Waals surface area (Å²) in [6.45, 7) is 4.61. The quantitative estimate of drug-likeness (QED) is 0.0291. The summed E-state index contributed by atoms with van der Waals surface area (Å²) in [6, 6.07) is -0.877. The first-order valence-electron chi connectivity index (χ1n) is 20.1. The van der Waals surface area contributed by atoms with Gasteiger partial charge in [0.15, 0.2) is 0 Å². The van der Waals surface area contributed by atoms with Gasteiger partial charge in [-0.3, -0.25) is 9.36 Å². The predicted molar refractivity (Wildman–Crippen MR) is 201 cm³/mol. The molecule has 48 heavy (non-hydrogen) atoms. The number of aliphatic hydroxyl groups excluding tert-OH is 1. The monoisotopic (exact) mass is 703 g/mol. The second-order valence-corrected chi connectivity index (χ2v) is 16.4. The van der Waals surface area contributed by atoms with Crippen LogP contribution in [0.1, 0.15) is 181 Å². The maximum Gasteiger partial charge on any atom is 0.268 e. The predicted octanol–water partition coefficient (Wildman–Crippen LogP) is 9.78. The minimum Gasteiger partial charge on any atom is -0.756 e. The van der Waals surface area contributed by atoms with Crippen LogP contribution in [0, 0.1) is 0 Å². The molecule has 0 radical (unpaired) electrons. The van der Waals surface area contributed by atoms with E-state index in [4.69, 9.17) is 9.05 Å². The fraction of sp³-hybridized carbons (Fsp3) is 0.923. The van der Waals surface area contributed by atoms with E-state index >= 15 is 0 Å². The van der Waals surface area contributed by atoms with Crippen molar-refractivity contribution in [2.75, 3.05) is 40.9 Å². The van der Waals surface area contributed by atoms with Crippen molar-refractivity contribution in [2.45, 2.75) is 193 Å². The average Bonchev–Trinajstić information content (AvgIpc) is 3.02. The Morgan fingerprint density at radius 2 is 1.12 bits per heavy atom. The van der Waals surface area contributed by atoms with Crippen molar-refractivity contribution in [1.82, 2.24) is 5.32 Å². The second-order valence-electron chi connectivity index (χ2n) is 15.0. The Morgan fingerprint density at radius 1 is 0.708 bits per heavy atom. The zero-order chi connectivity index (χ0) is 35.8. The Hall–Kier alpha value is -0.760. The Kier molecular flexibility index (Phi) is 31.7. The number of aliphatic hydroxyl groups is 1. The molecular weight excluding hydrogens is 623 g/mol. The number of unbranched alkanes of at least 4 members (excludes halogenated alkanes) is 23. The molecule has 0 fully saturated rings. The molecule has 0 heterocycles. The van der Waals surface area contributed by atoms with E-state index in [1.54, 1.807) is 6.08 Å². The van der Waals surface area contributed by atoms with Crippen LogP contribution >= 0.6 is 7.82 Å².